The number of imidazole rings is 1. The van der Waals surface area contributed by atoms with Crippen molar-refractivity contribution in [2.75, 3.05) is 5.32 Å². The molecule has 2 aromatic heterocycles. The third-order valence-corrected chi connectivity index (χ3v) is 4.03. The highest BCUT2D eigenvalue weighted by Gasteiger charge is 2.26. The Kier molecular flexibility index (Phi) is 2.31. The van der Waals surface area contributed by atoms with E-state index in [-0.39, 0.29) is 6.17 Å². The molecular weight excluding hydrogens is 272 g/mol. The van der Waals surface area contributed by atoms with Gasteiger partial charge in [-0.3, -0.25) is 9.88 Å². The van der Waals surface area contributed by atoms with Crippen LogP contribution in [0, 0.1) is 6.92 Å². The summed E-state index contributed by atoms with van der Waals surface area (Å²) in [5.41, 5.74) is 8.69. The van der Waals surface area contributed by atoms with Crippen LogP contribution in [0.25, 0.3) is 11.0 Å². The number of aryl methyl sites for hydroxylation is 1. The van der Waals surface area contributed by atoms with Crippen molar-refractivity contribution in [3.05, 3.63) is 40.3 Å². The summed E-state index contributed by atoms with van der Waals surface area (Å²) in [7, 11) is 0. The van der Waals surface area contributed by atoms with Gasteiger partial charge in [-0.15, -0.1) is 11.3 Å². The van der Waals surface area contributed by atoms with Crippen molar-refractivity contribution in [2.45, 2.75) is 13.1 Å². The molecule has 3 aromatic rings. The molecule has 0 fully saturated rings. The smallest absolute Gasteiger partial charge is 0.212 e. The van der Waals surface area contributed by atoms with Crippen molar-refractivity contribution < 1.29 is 0 Å². The summed E-state index contributed by atoms with van der Waals surface area (Å²) in [5.74, 6) is 1.07. The van der Waals surface area contributed by atoms with E-state index in [2.05, 4.69) is 20.3 Å². The number of thiazole rings is 1. The maximum absolute atomic E-state index is 5.87. The minimum Gasteiger partial charge on any atom is -0.370 e. The van der Waals surface area contributed by atoms with Crippen LogP contribution < -0.4 is 11.1 Å². The number of guanidine groups is 1. The zero-order valence-electron chi connectivity index (χ0n) is 10.7. The minimum atomic E-state index is -0.261. The van der Waals surface area contributed by atoms with Crippen molar-refractivity contribution in [3.8, 4) is 0 Å². The number of nitrogens with two attached hydrogens (primary N) is 1. The van der Waals surface area contributed by atoms with Crippen molar-refractivity contribution >= 4 is 34.3 Å². The summed E-state index contributed by atoms with van der Waals surface area (Å²) < 4.78 is 2.03. The van der Waals surface area contributed by atoms with Gasteiger partial charge < -0.3 is 5.73 Å². The first-order valence-electron chi connectivity index (χ1n) is 6.21. The maximum atomic E-state index is 5.87. The van der Waals surface area contributed by atoms with E-state index < -0.39 is 0 Å². The number of rotatable bonds is 1. The van der Waals surface area contributed by atoms with E-state index in [1.807, 2.05) is 41.1 Å². The van der Waals surface area contributed by atoms with Crippen LogP contribution in [0.4, 0.5) is 5.95 Å². The molecule has 3 heterocycles. The van der Waals surface area contributed by atoms with Crippen molar-refractivity contribution in [2.24, 2.45) is 10.7 Å². The number of anilines is 1. The average molecular weight is 284 g/mol. The second-order valence-corrected chi connectivity index (χ2v) is 5.66. The number of nitrogens with one attached hydrogen (secondary N) is 1. The molecule has 20 heavy (non-hydrogen) atoms. The SMILES string of the molecule is Cc1nc([C@H]2N=C(N)Nc3nc4ccccc4n32)cs1. The molecule has 0 amide bonds. The van der Waals surface area contributed by atoms with E-state index in [1.165, 1.54) is 0 Å². The standard InChI is InChI=1S/C13H12N6S/c1-7-15-9(6-20-7)11-17-12(14)18-13-16-8-4-2-3-5-10(8)19(11)13/h2-6,11H,1H3,(H3,14,16,17,18)/t11-/m0/s1. The largest absolute Gasteiger partial charge is 0.370 e. The first-order valence-corrected chi connectivity index (χ1v) is 7.09. The lowest BCUT2D eigenvalue weighted by atomic mass is 10.3. The van der Waals surface area contributed by atoms with Crippen molar-refractivity contribution in [1.82, 2.24) is 14.5 Å². The second kappa shape index (κ2) is 4.04. The Labute approximate surface area is 119 Å². The van der Waals surface area contributed by atoms with Crippen LogP contribution in [0.1, 0.15) is 16.9 Å². The van der Waals surface area contributed by atoms with E-state index in [4.69, 9.17) is 5.73 Å². The average Bonchev–Trinajstić information content (AvgIpc) is 3.00. The summed E-state index contributed by atoms with van der Waals surface area (Å²) in [5, 5.41) is 6.04. The molecule has 0 aliphatic carbocycles. The van der Waals surface area contributed by atoms with Crippen LogP contribution in [0.15, 0.2) is 34.6 Å². The third-order valence-electron chi connectivity index (χ3n) is 3.24. The molecule has 1 atom stereocenters. The Hall–Kier alpha value is -2.41. The summed E-state index contributed by atoms with van der Waals surface area (Å²) in [4.78, 5) is 13.6. The van der Waals surface area contributed by atoms with Crippen LogP contribution in [-0.2, 0) is 0 Å². The molecule has 4 rings (SSSR count). The van der Waals surface area contributed by atoms with E-state index in [0.717, 1.165) is 21.7 Å². The van der Waals surface area contributed by atoms with Crippen LogP contribution in [0.2, 0.25) is 0 Å². The number of aromatic nitrogens is 3. The molecule has 1 aliphatic heterocycles. The number of fused-ring (bicyclic) bond motifs is 3. The highest BCUT2D eigenvalue weighted by Crippen LogP contribution is 2.32. The molecule has 1 aromatic carbocycles. The monoisotopic (exact) mass is 284 g/mol. The maximum Gasteiger partial charge on any atom is 0.212 e. The molecule has 0 bridgehead atoms. The zero-order chi connectivity index (χ0) is 13.7. The lowest BCUT2D eigenvalue weighted by Gasteiger charge is -2.22. The molecule has 7 heteroatoms. The van der Waals surface area contributed by atoms with E-state index in [0.29, 0.717) is 11.9 Å². The van der Waals surface area contributed by atoms with E-state index >= 15 is 0 Å². The predicted octanol–water partition coefficient (Wildman–Crippen LogP) is 2.09. The van der Waals surface area contributed by atoms with Gasteiger partial charge in [0.15, 0.2) is 12.1 Å². The molecule has 0 saturated carbocycles. The quantitative estimate of drug-likeness (QED) is 0.717. The lowest BCUT2D eigenvalue weighted by molar-refractivity contribution is 0.611. The van der Waals surface area contributed by atoms with Gasteiger partial charge in [-0.1, -0.05) is 12.1 Å². The molecule has 100 valence electrons. The van der Waals surface area contributed by atoms with Gasteiger partial charge in [-0.25, -0.2) is 15.0 Å². The Balaban J connectivity index is 1.98. The van der Waals surface area contributed by atoms with Crippen LogP contribution in [0.5, 0.6) is 0 Å². The van der Waals surface area contributed by atoms with E-state index in [9.17, 15) is 0 Å². The second-order valence-electron chi connectivity index (χ2n) is 4.60. The van der Waals surface area contributed by atoms with Gasteiger partial charge in [0.1, 0.15) is 0 Å². The highest BCUT2D eigenvalue weighted by atomic mass is 32.1. The molecule has 0 radical (unpaired) electrons. The van der Waals surface area contributed by atoms with Gasteiger partial charge in [0.05, 0.1) is 21.7 Å². The van der Waals surface area contributed by atoms with Gasteiger partial charge >= 0.3 is 0 Å². The number of benzene rings is 1. The van der Waals surface area contributed by atoms with Gasteiger partial charge in [0, 0.05) is 5.38 Å². The highest BCUT2D eigenvalue weighted by molar-refractivity contribution is 7.09. The Morgan fingerprint density at radius 1 is 1.30 bits per heavy atom. The fourth-order valence-corrected chi connectivity index (χ4v) is 3.04. The number of hydrogen-bond donors (Lipinski definition) is 2. The first-order chi connectivity index (χ1) is 9.72. The van der Waals surface area contributed by atoms with Crippen molar-refractivity contribution in [3.63, 3.8) is 0 Å². The number of nitrogens with zero attached hydrogens (tertiary/aromatic N) is 4. The van der Waals surface area contributed by atoms with Crippen LogP contribution >= 0.6 is 11.3 Å². The van der Waals surface area contributed by atoms with Crippen LogP contribution in [0.3, 0.4) is 0 Å². The van der Waals surface area contributed by atoms with Crippen LogP contribution in [-0.4, -0.2) is 20.5 Å². The topological polar surface area (TPSA) is 81.1 Å². The fourth-order valence-electron chi connectivity index (χ4n) is 2.41. The Morgan fingerprint density at radius 3 is 2.95 bits per heavy atom. The molecule has 1 aliphatic rings. The predicted molar refractivity (Wildman–Crippen MR) is 80.0 cm³/mol. The molecule has 0 spiro atoms. The summed E-state index contributed by atoms with van der Waals surface area (Å²) in [6.07, 6.45) is -0.261. The fraction of sp³-hybridized carbons (Fsp3) is 0.154. The summed E-state index contributed by atoms with van der Waals surface area (Å²) in [6, 6.07) is 7.95. The Bertz CT molecular complexity index is 830. The van der Waals surface area contributed by atoms with Gasteiger partial charge in [0.2, 0.25) is 5.95 Å². The zero-order valence-corrected chi connectivity index (χ0v) is 11.6. The van der Waals surface area contributed by atoms with Gasteiger partial charge in [-0.2, -0.15) is 0 Å². The first kappa shape index (κ1) is 11.4. The third kappa shape index (κ3) is 1.60. The summed E-state index contributed by atoms with van der Waals surface area (Å²) >= 11 is 1.61. The summed E-state index contributed by atoms with van der Waals surface area (Å²) in [6.45, 7) is 1.98. The molecule has 0 unspecified atom stereocenters. The number of para-hydroxylation sites is 2. The normalized spacial score (nSPS) is 17.6. The molecule has 3 N–H and O–H groups in total. The Morgan fingerprint density at radius 2 is 2.15 bits per heavy atom. The van der Waals surface area contributed by atoms with Gasteiger partial charge in [-0.05, 0) is 19.1 Å². The van der Waals surface area contributed by atoms with E-state index in [1.54, 1.807) is 11.3 Å². The lowest BCUT2D eigenvalue weighted by Crippen LogP contribution is -2.31. The number of hydrogen-bond acceptors (Lipinski definition) is 6. The number of aliphatic imine (C=N–C) groups is 1. The molecular formula is C13H12N6S. The molecule has 0 saturated heterocycles. The minimum absolute atomic E-state index is 0.261. The van der Waals surface area contributed by atoms with Gasteiger partial charge in [0.25, 0.3) is 0 Å². The molecule has 6 nitrogen and oxygen atoms in total. The van der Waals surface area contributed by atoms with Crippen molar-refractivity contribution in [1.29, 1.82) is 0 Å².